The summed E-state index contributed by atoms with van der Waals surface area (Å²) in [6.45, 7) is 4.00. The average molecular weight is 413 g/mol. The minimum atomic E-state index is -0.104. The van der Waals surface area contributed by atoms with Gasteiger partial charge in [-0.2, -0.15) is 0 Å². The van der Waals surface area contributed by atoms with Gasteiger partial charge in [0.05, 0.1) is 36.4 Å². The fourth-order valence-electron chi connectivity index (χ4n) is 3.04. The first kappa shape index (κ1) is 20.9. The maximum atomic E-state index is 13.0. The molecule has 7 heteroatoms. The summed E-state index contributed by atoms with van der Waals surface area (Å²) in [6, 6.07) is 12.4. The number of ether oxygens (including phenoxy) is 2. The van der Waals surface area contributed by atoms with Gasteiger partial charge in [0, 0.05) is 12.1 Å². The molecular weight excluding hydrogens is 388 g/mol. The van der Waals surface area contributed by atoms with Crippen molar-refractivity contribution in [2.75, 3.05) is 20.0 Å². The Labute approximate surface area is 173 Å². The standard InChI is InChI=1S/C22H24N2O4S/c1-5-14(2)24-21(26)16-8-6-7-9-18(16)23-22(24)29-13-19(25)17-11-10-15(27-3)12-20(17)28-4/h6-12,14H,5,13H2,1-4H3/t14-/m1/s1. The molecule has 1 aromatic heterocycles. The summed E-state index contributed by atoms with van der Waals surface area (Å²) < 4.78 is 12.2. The Morgan fingerprint density at radius 2 is 1.93 bits per heavy atom. The Bertz CT molecular complexity index is 1090. The van der Waals surface area contributed by atoms with Crippen molar-refractivity contribution in [3.8, 4) is 11.5 Å². The normalized spacial score (nSPS) is 12.0. The Morgan fingerprint density at radius 3 is 2.62 bits per heavy atom. The Balaban J connectivity index is 1.94. The van der Waals surface area contributed by atoms with E-state index in [4.69, 9.17) is 9.47 Å². The number of carbonyl (C=O) groups excluding carboxylic acids is 1. The van der Waals surface area contributed by atoms with E-state index in [1.165, 1.54) is 18.9 Å². The third kappa shape index (κ3) is 4.29. The number of rotatable bonds is 8. The molecule has 0 aliphatic carbocycles. The largest absolute Gasteiger partial charge is 0.497 e. The van der Waals surface area contributed by atoms with E-state index in [1.807, 2.05) is 32.0 Å². The molecule has 0 saturated heterocycles. The van der Waals surface area contributed by atoms with Crippen LogP contribution in [0.1, 0.15) is 36.7 Å². The molecule has 0 saturated carbocycles. The number of carbonyl (C=O) groups is 1. The Kier molecular flexibility index (Phi) is 6.59. The summed E-state index contributed by atoms with van der Waals surface area (Å²) in [5.74, 6) is 1.12. The minimum absolute atomic E-state index is 0.0206. The lowest BCUT2D eigenvalue weighted by molar-refractivity contribution is 0.101. The number of hydrogen-bond acceptors (Lipinski definition) is 6. The van der Waals surface area contributed by atoms with E-state index < -0.39 is 0 Å². The molecule has 3 aromatic rings. The molecule has 1 atom stereocenters. The van der Waals surface area contributed by atoms with Crippen molar-refractivity contribution in [2.45, 2.75) is 31.5 Å². The number of methoxy groups -OCH3 is 2. The van der Waals surface area contributed by atoms with Gasteiger partial charge in [-0.25, -0.2) is 4.98 Å². The van der Waals surface area contributed by atoms with Gasteiger partial charge in [-0.1, -0.05) is 30.8 Å². The number of hydrogen-bond donors (Lipinski definition) is 0. The summed E-state index contributed by atoms with van der Waals surface area (Å²) in [7, 11) is 3.08. The molecule has 0 fully saturated rings. The molecule has 0 bridgehead atoms. The highest BCUT2D eigenvalue weighted by Crippen LogP contribution is 2.28. The lowest BCUT2D eigenvalue weighted by Crippen LogP contribution is -2.26. The van der Waals surface area contributed by atoms with Crippen LogP contribution in [-0.2, 0) is 0 Å². The zero-order chi connectivity index (χ0) is 21.0. The molecule has 29 heavy (non-hydrogen) atoms. The van der Waals surface area contributed by atoms with Crippen LogP contribution >= 0.6 is 11.8 Å². The van der Waals surface area contributed by atoms with Gasteiger partial charge in [-0.3, -0.25) is 14.2 Å². The molecule has 1 heterocycles. The van der Waals surface area contributed by atoms with Gasteiger partial charge in [0.1, 0.15) is 11.5 Å². The third-order valence-corrected chi connectivity index (χ3v) is 5.80. The Morgan fingerprint density at radius 1 is 1.17 bits per heavy atom. The summed E-state index contributed by atoms with van der Waals surface area (Å²) in [6.07, 6.45) is 0.785. The minimum Gasteiger partial charge on any atom is -0.497 e. The molecule has 0 spiro atoms. The van der Waals surface area contributed by atoms with Crippen molar-refractivity contribution in [3.63, 3.8) is 0 Å². The fourth-order valence-corrected chi connectivity index (χ4v) is 4.02. The van der Waals surface area contributed by atoms with Gasteiger partial charge < -0.3 is 9.47 Å². The second kappa shape index (κ2) is 9.13. The first-order valence-corrected chi connectivity index (χ1v) is 10.4. The highest BCUT2D eigenvalue weighted by molar-refractivity contribution is 7.99. The number of Topliss-reactive ketones (excluding diaryl/α,β-unsaturated/α-hetero) is 1. The molecule has 0 aliphatic rings. The van der Waals surface area contributed by atoms with E-state index in [0.717, 1.165) is 6.42 Å². The van der Waals surface area contributed by atoms with Crippen LogP contribution in [0.4, 0.5) is 0 Å². The summed E-state index contributed by atoms with van der Waals surface area (Å²) in [5.41, 5.74) is 1.02. The topological polar surface area (TPSA) is 70.4 Å². The van der Waals surface area contributed by atoms with Crippen LogP contribution in [0, 0.1) is 0 Å². The smallest absolute Gasteiger partial charge is 0.262 e. The van der Waals surface area contributed by atoms with Gasteiger partial charge in [-0.15, -0.1) is 0 Å². The van der Waals surface area contributed by atoms with Crippen molar-refractivity contribution >= 4 is 28.4 Å². The maximum Gasteiger partial charge on any atom is 0.262 e. The van der Waals surface area contributed by atoms with Crippen molar-refractivity contribution in [2.24, 2.45) is 0 Å². The predicted molar refractivity (Wildman–Crippen MR) is 116 cm³/mol. The van der Waals surface area contributed by atoms with Gasteiger partial charge in [0.25, 0.3) is 5.56 Å². The summed E-state index contributed by atoms with van der Waals surface area (Å²) >= 11 is 1.27. The second-order valence-corrected chi connectivity index (χ2v) is 7.56. The third-order valence-electron chi connectivity index (χ3n) is 4.85. The van der Waals surface area contributed by atoms with Crippen molar-refractivity contribution in [3.05, 3.63) is 58.4 Å². The lowest BCUT2D eigenvalue weighted by atomic mass is 10.1. The van der Waals surface area contributed by atoms with Crippen LogP contribution in [0.3, 0.4) is 0 Å². The first-order valence-electron chi connectivity index (χ1n) is 9.39. The van der Waals surface area contributed by atoms with Crippen LogP contribution in [0.5, 0.6) is 11.5 Å². The number of ketones is 1. The van der Waals surface area contributed by atoms with Gasteiger partial charge in [-0.05, 0) is 37.6 Å². The van der Waals surface area contributed by atoms with Crippen LogP contribution < -0.4 is 15.0 Å². The van der Waals surface area contributed by atoms with E-state index in [2.05, 4.69) is 4.98 Å². The Hall–Kier alpha value is -2.80. The molecule has 152 valence electrons. The van der Waals surface area contributed by atoms with E-state index >= 15 is 0 Å². The van der Waals surface area contributed by atoms with Gasteiger partial charge in [0.15, 0.2) is 10.9 Å². The molecule has 0 aliphatic heterocycles. The quantitative estimate of drug-likeness (QED) is 0.311. The van der Waals surface area contributed by atoms with E-state index in [-0.39, 0.29) is 23.1 Å². The van der Waals surface area contributed by atoms with Crippen LogP contribution in [0.2, 0.25) is 0 Å². The van der Waals surface area contributed by atoms with Crippen molar-refractivity contribution in [1.29, 1.82) is 0 Å². The van der Waals surface area contributed by atoms with Crippen LogP contribution in [0.15, 0.2) is 52.4 Å². The van der Waals surface area contributed by atoms with Crippen molar-refractivity contribution < 1.29 is 14.3 Å². The SMILES string of the molecule is CC[C@@H](C)n1c(SCC(=O)c2ccc(OC)cc2OC)nc2ccccc2c1=O. The van der Waals surface area contributed by atoms with Gasteiger partial charge >= 0.3 is 0 Å². The van der Waals surface area contributed by atoms with Gasteiger partial charge in [0.2, 0.25) is 0 Å². The van der Waals surface area contributed by atoms with Crippen LogP contribution in [0.25, 0.3) is 10.9 Å². The number of benzene rings is 2. The highest BCUT2D eigenvalue weighted by atomic mass is 32.2. The molecule has 0 radical (unpaired) electrons. The molecule has 6 nitrogen and oxygen atoms in total. The molecule has 0 N–H and O–H groups in total. The molecule has 2 aromatic carbocycles. The second-order valence-electron chi connectivity index (χ2n) is 6.62. The molecule has 3 rings (SSSR count). The zero-order valence-corrected chi connectivity index (χ0v) is 17.8. The monoisotopic (exact) mass is 412 g/mol. The number of aromatic nitrogens is 2. The van der Waals surface area contributed by atoms with E-state index in [1.54, 1.807) is 35.9 Å². The highest BCUT2D eigenvalue weighted by Gasteiger charge is 2.19. The first-order chi connectivity index (χ1) is 14.0. The van der Waals surface area contributed by atoms with E-state index in [0.29, 0.717) is 33.1 Å². The molecular formula is C22H24N2O4S. The summed E-state index contributed by atoms with van der Waals surface area (Å²) in [5, 5.41) is 1.13. The lowest BCUT2D eigenvalue weighted by Gasteiger charge is -2.18. The maximum absolute atomic E-state index is 13.0. The number of fused-ring (bicyclic) bond motifs is 1. The number of thioether (sulfide) groups is 1. The summed E-state index contributed by atoms with van der Waals surface area (Å²) in [4.78, 5) is 30.5. The van der Waals surface area contributed by atoms with Crippen LogP contribution in [-0.4, -0.2) is 35.3 Å². The fraction of sp³-hybridized carbons (Fsp3) is 0.318. The zero-order valence-electron chi connectivity index (χ0n) is 17.0. The molecule has 0 unspecified atom stereocenters. The molecule has 0 amide bonds. The number of nitrogens with zero attached hydrogens (tertiary/aromatic N) is 2. The average Bonchev–Trinajstić information content (AvgIpc) is 2.76. The number of para-hydroxylation sites is 1. The van der Waals surface area contributed by atoms with Crippen molar-refractivity contribution in [1.82, 2.24) is 9.55 Å². The predicted octanol–water partition coefficient (Wildman–Crippen LogP) is 4.36. The van der Waals surface area contributed by atoms with E-state index in [9.17, 15) is 9.59 Å².